The van der Waals surface area contributed by atoms with Gasteiger partial charge in [-0.15, -0.1) is 0 Å². The van der Waals surface area contributed by atoms with E-state index in [9.17, 15) is 0 Å². The molecule has 4 heteroatoms. The average Bonchev–Trinajstić information content (AvgIpc) is 0.918. The van der Waals surface area contributed by atoms with Crippen molar-refractivity contribution in [1.29, 1.82) is 0 Å². The summed E-state index contributed by atoms with van der Waals surface area (Å²) in [6.45, 7) is 2.67. The van der Waals surface area contributed by atoms with Crippen molar-refractivity contribution in [2.75, 3.05) is 0 Å². The van der Waals surface area contributed by atoms with Gasteiger partial charge in [-0.25, -0.2) is 0 Å². The number of nitrogens with zero attached hydrogens (tertiary/aromatic N) is 2. The van der Waals surface area contributed by atoms with E-state index in [4.69, 9.17) is 5.53 Å². The van der Waals surface area contributed by atoms with Gasteiger partial charge in [-0.2, -0.15) is 4.79 Å². The van der Waals surface area contributed by atoms with E-state index in [1.807, 2.05) is 0 Å². The van der Waals surface area contributed by atoms with Crippen molar-refractivity contribution in [3.63, 3.8) is 0 Å². The predicted octanol–water partition coefficient (Wildman–Crippen LogP) is -3.26. The molecule has 0 aromatic rings. The second-order valence-electron chi connectivity index (χ2n) is 0.141. The molecule has 0 bridgehead atoms. The van der Waals surface area contributed by atoms with Gasteiger partial charge in [-0.1, -0.05) is 0 Å². The third-order valence-corrected chi connectivity index (χ3v) is 0. The molecule has 0 rings (SSSR count). The molecule has 0 fully saturated rings. The van der Waals surface area contributed by atoms with E-state index in [-0.39, 0.29) is 56.9 Å². The Morgan fingerprint density at radius 2 is 1.60 bits per heavy atom. The third kappa shape index (κ3) is 46.2. The van der Waals surface area contributed by atoms with Gasteiger partial charge in [0.15, 0.2) is 0 Å². The van der Waals surface area contributed by atoms with Crippen LogP contribution in [-0.2, 0) is 0 Å². The Morgan fingerprint density at radius 3 is 1.60 bits per heavy atom. The fraction of sp³-hybridized carbons (Fsp3) is 0. The molecule has 3 nitrogen and oxygen atoms in total. The van der Waals surface area contributed by atoms with Gasteiger partial charge in [0.25, 0.3) is 0 Å². The quantitative estimate of drug-likeness (QED) is 0.136. The zero-order valence-electron chi connectivity index (χ0n) is 3.05. The van der Waals surface area contributed by atoms with Crippen LogP contribution in [0.5, 0.6) is 0 Å². The molecule has 5 heavy (non-hydrogen) atoms. The maximum atomic E-state index is 7.08. The zero-order chi connectivity index (χ0) is 2.71. The summed E-state index contributed by atoms with van der Waals surface area (Å²) in [6, 6.07) is 0. The molecule has 0 aliphatic rings. The van der Waals surface area contributed by atoms with Crippen LogP contribution in [0.2, 0.25) is 0 Å². The molecule has 0 saturated heterocycles. The Morgan fingerprint density at radius 1 is 1.60 bits per heavy atom. The van der Waals surface area contributed by atoms with Crippen molar-refractivity contribution in [3.05, 3.63) is 5.53 Å². The van der Waals surface area contributed by atoms with E-state index < -0.39 is 0 Å². The maximum Gasteiger partial charge on any atom is 1.00 e. The van der Waals surface area contributed by atoms with Gasteiger partial charge in [0.1, 0.15) is 0 Å². The SMILES string of the molecule is C=[N+]=[N-].[K+].[OH-]. The van der Waals surface area contributed by atoms with Crippen LogP contribution in [0.4, 0.5) is 0 Å². The second-order valence-corrected chi connectivity index (χ2v) is 0.141. The summed E-state index contributed by atoms with van der Waals surface area (Å²) in [5, 5.41) is 0. The minimum absolute atomic E-state index is 0. The molecule has 0 amide bonds. The van der Waals surface area contributed by atoms with Crippen LogP contribution in [0.15, 0.2) is 0 Å². The summed E-state index contributed by atoms with van der Waals surface area (Å²) in [5.41, 5.74) is 7.08. The van der Waals surface area contributed by atoms with Crippen molar-refractivity contribution in [3.8, 4) is 0 Å². The maximum absolute atomic E-state index is 7.08. The molecule has 0 heterocycles. The monoisotopic (exact) mass is 98.0 g/mol. The molecule has 0 unspecified atom stereocenters. The Labute approximate surface area is 72.7 Å². The predicted molar refractivity (Wildman–Crippen MR) is 12.7 cm³/mol. The fourth-order valence-corrected chi connectivity index (χ4v) is 0. The molecular weight excluding hydrogens is 95.1 g/mol. The standard InChI is InChI=1S/CH2N2.K.H2O/c1-3-2;;/h1H2;;1H2/q;+1;/p-1. The molecule has 0 spiro atoms. The van der Waals surface area contributed by atoms with Gasteiger partial charge in [-0.05, 0) is 0 Å². The van der Waals surface area contributed by atoms with Gasteiger partial charge in [0.05, 0.1) is 0 Å². The number of hydrogen-bond acceptors (Lipinski definition) is 1. The van der Waals surface area contributed by atoms with Crippen molar-refractivity contribution in [2.24, 2.45) is 0 Å². The minimum Gasteiger partial charge on any atom is -0.870 e. The topological polar surface area (TPSA) is 66.4 Å². The summed E-state index contributed by atoms with van der Waals surface area (Å²) in [5.74, 6) is 0. The van der Waals surface area contributed by atoms with Crippen LogP contribution in [0.25, 0.3) is 5.53 Å². The Hall–Kier alpha value is 0.976. The van der Waals surface area contributed by atoms with E-state index >= 15 is 0 Å². The van der Waals surface area contributed by atoms with Crippen LogP contribution < -0.4 is 51.4 Å². The van der Waals surface area contributed by atoms with Crippen molar-refractivity contribution >= 4 is 6.72 Å². The normalized spacial score (nSPS) is 1.60. The van der Waals surface area contributed by atoms with Crippen LogP contribution in [0.1, 0.15) is 0 Å². The Kier molecular flexibility index (Phi) is 67.3. The van der Waals surface area contributed by atoms with Gasteiger partial charge >= 0.3 is 51.4 Å². The molecule has 0 atom stereocenters. The molecule has 1 N–H and O–H groups in total. The summed E-state index contributed by atoms with van der Waals surface area (Å²) in [6.07, 6.45) is 0. The van der Waals surface area contributed by atoms with Crippen LogP contribution in [0, 0.1) is 0 Å². The molecule has 0 aliphatic carbocycles. The average molecular weight is 98.1 g/mol. The first-order valence-corrected chi connectivity index (χ1v) is 0.516. The van der Waals surface area contributed by atoms with Gasteiger partial charge in [0.2, 0.25) is 6.72 Å². The van der Waals surface area contributed by atoms with E-state index in [0.29, 0.717) is 0 Å². The molecule has 24 valence electrons. The van der Waals surface area contributed by atoms with E-state index in [1.54, 1.807) is 0 Å². The van der Waals surface area contributed by atoms with Crippen molar-refractivity contribution in [2.45, 2.75) is 0 Å². The van der Waals surface area contributed by atoms with Gasteiger partial charge in [-0.3, -0.25) is 0 Å². The number of hydrogen-bond donors (Lipinski definition) is 0. The van der Waals surface area contributed by atoms with Gasteiger partial charge < -0.3 is 11.0 Å². The largest absolute Gasteiger partial charge is 1.00 e. The molecule has 0 radical (unpaired) electrons. The third-order valence-electron chi connectivity index (χ3n) is 0. The zero-order valence-corrected chi connectivity index (χ0v) is 6.17. The molecule has 0 aromatic carbocycles. The summed E-state index contributed by atoms with van der Waals surface area (Å²) >= 11 is 0. The Balaban J connectivity index is -0.0000000200. The van der Waals surface area contributed by atoms with Crippen molar-refractivity contribution < 1.29 is 61.7 Å². The van der Waals surface area contributed by atoms with Crippen molar-refractivity contribution in [1.82, 2.24) is 0 Å². The van der Waals surface area contributed by atoms with E-state index in [0.717, 1.165) is 0 Å². The summed E-state index contributed by atoms with van der Waals surface area (Å²) in [4.78, 5) is 2.25. The number of rotatable bonds is 0. The molecule has 0 saturated carbocycles. The smallest absolute Gasteiger partial charge is 0.870 e. The molecular formula is CH3KN2O. The van der Waals surface area contributed by atoms with Crippen LogP contribution in [-0.4, -0.2) is 17.0 Å². The summed E-state index contributed by atoms with van der Waals surface area (Å²) in [7, 11) is 0. The second kappa shape index (κ2) is 20.1. The van der Waals surface area contributed by atoms with E-state index in [1.165, 1.54) is 0 Å². The van der Waals surface area contributed by atoms with Gasteiger partial charge in [0, 0.05) is 0 Å². The first-order chi connectivity index (χ1) is 1.41. The summed E-state index contributed by atoms with van der Waals surface area (Å²) < 4.78 is 0. The minimum atomic E-state index is 0. The molecule has 0 aromatic heterocycles. The van der Waals surface area contributed by atoms with E-state index in [2.05, 4.69) is 11.5 Å². The molecule has 0 aliphatic heterocycles. The first-order valence-electron chi connectivity index (χ1n) is 0.516. The first kappa shape index (κ1) is 16.7. The fourth-order valence-electron chi connectivity index (χ4n) is 0. The van der Waals surface area contributed by atoms with Crippen LogP contribution >= 0.6 is 0 Å². The van der Waals surface area contributed by atoms with Crippen LogP contribution in [0.3, 0.4) is 0 Å². The Bertz CT molecular complexity index is 30.6.